The minimum Gasteiger partial charge on any atom is -0.494 e. The fraction of sp³-hybridized carbons (Fsp3) is 0.158. The van der Waals surface area contributed by atoms with Crippen molar-refractivity contribution in [2.75, 3.05) is 13.7 Å². The summed E-state index contributed by atoms with van der Waals surface area (Å²) in [5.41, 5.74) is 0.870. The van der Waals surface area contributed by atoms with Crippen LogP contribution in [0.15, 0.2) is 41.2 Å². The van der Waals surface area contributed by atoms with Crippen molar-refractivity contribution in [3.05, 3.63) is 63.7 Å². The van der Waals surface area contributed by atoms with Gasteiger partial charge in [-0.2, -0.15) is 0 Å². The Morgan fingerprint density at radius 2 is 2.00 bits per heavy atom. The lowest BCUT2D eigenvalue weighted by Crippen LogP contribution is -2.21. The van der Waals surface area contributed by atoms with Crippen LogP contribution in [0.4, 0.5) is 0 Å². The lowest BCUT2D eigenvalue weighted by Gasteiger charge is -2.08. The molecular weight excluding hydrogens is 336 g/mol. The quantitative estimate of drug-likeness (QED) is 0.526. The monoisotopic (exact) mass is 350 g/mol. The molecule has 0 aliphatic carbocycles. The molecule has 0 spiro atoms. The summed E-state index contributed by atoms with van der Waals surface area (Å²) >= 11 is 0. The van der Waals surface area contributed by atoms with E-state index in [2.05, 4.69) is 4.98 Å². The van der Waals surface area contributed by atoms with Gasteiger partial charge in [-0.05, 0) is 37.3 Å². The molecule has 26 heavy (non-hydrogen) atoms. The van der Waals surface area contributed by atoms with Crippen LogP contribution in [0.2, 0.25) is 0 Å². The zero-order chi connectivity index (χ0) is 18.4. The molecule has 0 atom stereocenters. The number of para-hydroxylation sites is 1. The standard InChI is InChI=1S/C19H14N2O5/c1-3-26-19(24)10-7-8-13-12(9-10)16(22)17-20-15-11(18(23)21(13)17)5-4-6-14(15)25-2/h4-9H,3H2,1-2H3. The first kappa shape index (κ1) is 16.0. The first-order chi connectivity index (χ1) is 12.6. The van der Waals surface area contributed by atoms with Crippen LogP contribution >= 0.6 is 0 Å². The van der Waals surface area contributed by atoms with Gasteiger partial charge in [0.05, 0.1) is 35.9 Å². The van der Waals surface area contributed by atoms with Gasteiger partial charge in [0.1, 0.15) is 11.3 Å². The van der Waals surface area contributed by atoms with Gasteiger partial charge in [-0.25, -0.2) is 9.78 Å². The highest BCUT2D eigenvalue weighted by Gasteiger charge is 2.31. The van der Waals surface area contributed by atoms with E-state index in [0.717, 1.165) is 0 Å². The third-order valence-electron chi connectivity index (χ3n) is 4.28. The minimum absolute atomic E-state index is 0.00279. The van der Waals surface area contributed by atoms with Gasteiger partial charge in [0.2, 0.25) is 5.78 Å². The number of ketones is 1. The molecule has 3 aromatic rings. The van der Waals surface area contributed by atoms with E-state index in [1.165, 1.54) is 23.8 Å². The first-order valence-corrected chi connectivity index (χ1v) is 8.02. The third-order valence-corrected chi connectivity index (χ3v) is 4.28. The molecule has 0 saturated carbocycles. The second-order valence-corrected chi connectivity index (χ2v) is 5.71. The average Bonchev–Trinajstić information content (AvgIpc) is 2.94. The maximum absolute atomic E-state index is 12.9. The van der Waals surface area contributed by atoms with E-state index < -0.39 is 11.8 Å². The predicted octanol–water partition coefficient (Wildman–Crippen LogP) is 2.12. The molecule has 7 nitrogen and oxygen atoms in total. The Balaban J connectivity index is 1.97. The van der Waals surface area contributed by atoms with Crippen molar-refractivity contribution in [2.24, 2.45) is 0 Å². The molecule has 0 radical (unpaired) electrons. The van der Waals surface area contributed by atoms with Crippen molar-refractivity contribution in [1.82, 2.24) is 9.55 Å². The maximum Gasteiger partial charge on any atom is 0.338 e. The molecule has 1 aliphatic heterocycles. The number of fused-ring (bicyclic) bond motifs is 4. The van der Waals surface area contributed by atoms with Gasteiger partial charge in [-0.1, -0.05) is 6.07 Å². The van der Waals surface area contributed by atoms with E-state index in [-0.39, 0.29) is 29.1 Å². The normalized spacial score (nSPS) is 12.0. The zero-order valence-corrected chi connectivity index (χ0v) is 14.1. The Kier molecular flexibility index (Phi) is 3.57. The molecule has 0 saturated heterocycles. The van der Waals surface area contributed by atoms with E-state index in [0.29, 0.717) is 22.3 Å². The fourth-order valence-electron chi connectivity index (χ4n) is 3.10. The van der Waals surface area contributed by atoms with Gasteiger partial charge in [0.25, 0.3) is 5.56 Å². The van der Waals surface area contributed by atoms with E-state index in [1.54, 1.807) is 31.2 Å². The van der Waals surface area contributed by atoms with Crippen LogP contribution in [0.3, 0.4) is 0 Å². The fourth-order valence-corrected chi connectivity index (χ4v) is 3.10. The van der Waals surface area contributed by atoms with Gasteiger partial charge in [-0.15, -0.1) is 0 Å². The number of carbonyl (C=O) groups excluding carboxylic acids is 2. The maximum atomic E-state index is 12.9. The predicted molar refractivity (Wildman–Crippen MR) is 93.3 cm³/mol. The molecule has 2 heterocycles. The molecule has 1 aliphatic rings. The Morgan fingerprint density at radius 1 is 1.19 bits per heavy atom. The molecule has 0 N–H and O–H groups in total. The summed E-state index contributed by atoms with van der Waals surface area (Å²) in [4.78, 5) is 42.0. The lowest BCUT2D eigenvalue weighted by molar-refractivity contribution is 0.0526. The molecule has 2 aromatic carbocycles. The van der Waals surface area contributed by atoms with Crippen molar-refractivity contribution in [3.8, 4) is 11.4 Å². The van der Waals surface area contributed by atoms with Crippen LogP contribution in [0.5, 0.6) is 5.75 Å². The smallest absolute Gasteiger partial charge is 0.338 e. The number of aromatic nitrogens is 2. The molecule has 130 valence electrons. The SMILES string of the molecule is CCOC(=O)c1ccc2c(c1)C(=O)c1nc3c(OC)cccc3c(=O)n1-2. The van der Waals surface area contributed by atoms with Gasteiger partial charge >= 0.3 is 5.97 Å². The van der Waals surface area contributed by atoms with E-state index in [9.17, 15) is 14.4 Å². The van der Waals surface area contributed by atoms with E-state index in [4.69, 9.17) is 9.47 Å². The van der Waals surface area contributed by atoms with Crippen molar-refractivity contribution < 1.29 is 19.1 Å². The van der Waals surface area contributed by atoms with Gasteiger partial charge in [0, 0.05) is 0 Å². The topological polar surface area (TPSA) is 87.5 Å². The molecule has 7 heteroatoms. The highest BCUT2D eigenvalue weighted by atomic mass is 16.5. The van der Waals surface area contributed by atoms with Crippen LogP contribution in [-0.2, 0) is 4.74 Å². The summed E-state index contributed by atoms with van der Waals surface area (Å²) in [6, 6.07) is 9.53. The number of benzene rings is 2. The van der Waals surface area contributed by atoms with Crippen LogP contribution in [0.25, 0.3) is 16.6 Å². The third kappa shape index (κ3) is 2.13. The number of ether oxygens (including phenoxy) is 2. The van der Waals surface area contributed by atoms with Crippen LogP contribution in [-0.4, -0.2) is 35.0 Å². The van der Waals surface area contributed by atoms with Gasteiger partial charge in [0.15, 0.2) is 5.82 Å². The molecule has 0 unspecified atom stereocenters. The van der Waals surface area contributed by atoms with E-state index >= 15 is 0 Å². The summed E-state index contributed by atoms with van der Waals surface area (Å²) in [6.45, 7) is 1.94. The number of carbonyl (C=O) groups is 2. The summed E-state index contributed by atoms with van der Waals surface area (Å²) in [5, 5.41) is 0.350. The van der Waals surface area contributed by atoms with Gasteiger partial charge in [-0.3, -0.25) is 14.2 Å². The second kappa shape index (κ2) is 5.80. The lowest BCUT2D eigenvalue weighted by atomic mass is 10.1. The highest BCUT2D eigenvalue weighted by Crippen LogP contribution is 2.29. The number of methoxy groups -OCH3 is 1. The summed E-state index contributed by atoms with van der Waals surface area (Å²) in [5.74, 6) is -0.524. The summed E-state index contributed by atoms with van der Waals surface area (Å²) in [6.07, 6.45) is 0. The van der Waals surface area contributed by atoms with Crippen LogP contribution < -0.4 is 10.3 Å². The second-order valence-electron chi connectivity index (χ2n) is 5.71. The molecule has 0 fully saturated rings. The van der Waals surface area contributed by atoms with Crippen molar-refractivity contribution >= 4 is 22.7 Å². The Bertz CT molecular complexity index is 1150. The van der Waals surface area contributed by atoms with Crippen LogP contribution in [0, 0.1) is 0 Å². The van der Waals surface area contributed by atoms with Crippen molar-refractivity contribution in [3.63, 3.8) is 0 Å². The minimum atomic E-state index is -0.522. The number of esters is 1. The summed E-state index contributed by atoms with van der Waals surface area (Å²) in [7, 11) is 1.48. The molecule has 0 bridgehead atoms. The Labute approximate surface area is 147 Å². The van der Waals surface area contributed by atoms with Gasteiger partial charge < -0.3 is 9.47 Å². The number of nitrogens with zero attached hydrogens (tertiary/aromatic N) is 2. The Hall–Kier alpha value is -3.48. The summed E-state index contributed by atoms with van der Waals surface area (Å²) < 4.78 is 11.5. The van der Waals surface area contributed by atoms with E-state index in [1.807, 2.05) is 0 Å². The molecule has 0 amide bonds. The molecular formula is C19H14N2O5. The number of hydrogen-bond donors (Lipinski definition) is 0. The highest BCUT2D eigenvalue weighted by molar-refractivity contribution is 6.14. The average molecular weight is 350 g/mol. The zero-order valence-electron chi connectivity index (χ0n) is 14.1. The molecule has 4 rings (SSSR count). The Morgan fingerprint density at radius 3 is 2.73 bits per heavy atom. The van der Waals surface area contributed by atoms with Crippen molar-refractivity contribution in [1.29, 1.82) is 0 Å². The first-order valence-electron chi connectivity index (χ1n) is 8.02. The van der Waals surface area contributed by atoms with Crippen molar-refractivity contribution in [2.45, 2.75) is 6.92 Å². The molecule has 1 aromatic heterocycles. The number of rotatable bonds is 3. The largest absolute Gasteiger partial charge is 0.494 e. The van der Waals surface area contributed by atoms with Crippen LogP contribution in [0.1, 0.15) is 33.5 Å². The number of hydrogen-bond acceptors (Lipinski definition) is 6.